The molecule has 5 rings (SSSR count). The van der Waals surface area contributed by atoms with Gasteiger partial charge in [-0.05, 0) is 60.4 Å². The number of carbonyl (C=O) groups excluding carboxylic acids is 1. The molecule has 0 aliphatic heterocycles. The quantitative estimate of drug-likeness (QED) is 0.285. The van der Waals surface area contributed by atoms with E-state index in [9.17, 15) is 21.6 Å². The van der Waals surface area contributed by atoms with E-state index in [2.05, 4.69) is 9.44 Å². The Morgan fingerprint density at radius 2 is 0.895 bits per heavy atom. The molecule has 0 radical (unpaired) electrons. The molecule has 4 aromatic carbocycles. The summed E-state index contributed by atoms with van der Waals surface area (Å²) in [6, 6.07) is 26.2. The molecule has 1 aliphatic rings. The van der Waals surface area contributed by atoms with Crippen molar-refractivity contribution in [3.8, 4) is 11.1 Å². The third-order valence-electron chi connectivity index (χ3n) is 6.65. The lowest BCUT2D eigenvalue weighted by atomic mass is 10.1. The Labute approximate surface area is 222 Å². The van der Waals surface area contributed by atoms with Crippen molar-refractivity contribution in [1.82, 2.24) is 9.44 Å². The van der Waals surface area contributed by atoms with Crippen molar-refractivity contribution in [1.29, 1.82) is 0 Å². The van der Waals surface area contributed by atoms with Crippen LogP contribution in [0.15, 0.2) is 107 Å². The molecule has 7 nitrogen and oxygen atoms in total. The normalized spacial score (nSPS) is 14.5. The molecule has 0 unspecified atom stereocenters. The van der Waals surface area contributed by atoms with Crippen LogP contribution in [-0.4, -0.2) is 22.6 Å². The summed E-state index contributed by atoms with van der Waals surface area (Å²) in [5.41, 5.74) is 3.18. The maximum atomic E-state index is 13.3. The van der Waals surface area contributed by atoms with Crippen LogP contribution >= 0.6 is 0 Å². The van der Waals surface area contributed by atoms with Gasteiger partial charge in [0.1, 0.15) is 0 Å². The predicted octanol–water partition coefficient (Wildman–Crippen LogP) is 4.98. The third kappa shape index (κ3) is 4.93. The van der Waals surface area contributed by atoms with Crippen LogP contribution in [0.1, 0.15) is 53.0 Å². The van der Waals surface area contributed by atoms with Crippen molar-refractivity contribution in [3.63, 3.8) is 0 Å². The highest BCUT2D eigenvalue weighted by Gasteiger charge is 2.31. The van der Waals surface area contributed by atoms with Crippen LogP contribution in [0, 0.1) is 0 Å². The van der Waals surface area contributed by atoms with E-state index in [4.69, 9.17) is 0 Å². The number of hydrogen-bond acceptors (Lipinski definition) is 5. The number of benzene rings is 4. The molecule has 2 atom stereocenters. The zero-order chi connectivity index (χ0) is 27.1. The highest BCUT2D eigenvalue weighted by Crippen LogP contribution is 2.39. The molecule has 2 N–H and O–H groups in total. The Bertz CT molecular complexity index is 1610. The molecule has 0 bridgehead atoms. The maximum Gasteiger partial charge on any atom is 0.241 e. The van der Waals surface area contributed by atoms with E-state index in [1.54, 1.807) is 26.0 Å². The van der Waals surface area contributed by atoms with Crippen LogP contribution in [-0.2, 0) is 20.0 Å². The number of rotatable bonds is 8. The Balaban J connectivity index is 1.41. The van der Waals surface area contributed by atoms with E-state index in [0.717, 1.165) is 11.1 Å². The average Bonchev–Trinajstić information content (AvgIpc) is 3.20. The molecule has 9 heteroatoms. The Hall–Kier alpha value is -3.63. The van der Waals surface area contributed by atoms with Crippen LogP contribution in [0.5, 0.6) is 0 Å². The molecule has 0 heterocycles. The summed E-state index contributed by atoms with van der Waals surface area (Å²) in [6.07, 6.45) is 0. The first-order chi connectivity index (χ1) is 18.1. The number of sulfonamides is 2. The van der Waals surface area contributed by atoms with Gasteiger partial charge in [0.15, 0.2) is 5.78 Å². The number of hydrogen-bond donors (Lipinski definition) is 2. The lowest BCUT2D eigenvalue weighted by molar-refractivity contribution is 0.104. The average molecular weight is 547 g/mol. The minimum absolute atomic E-state index is 0.0358. The largest absolute Gasteiger partial charge is 0.289 e. The van der Waals surface area contributed by atoms with Gasteiger partial charge in [0.05, 0.1) is 9.79 Å². The van der Waals surface area contributed by atoms with Gasteiger partial charge in [-0.3, -0.25) is 4.79 Å². The van der Waals surface area contributed by atoms with Crippen LogP contribution in [0.3, 0.4) is 0 Å². The summed E-state index contributed by atoms with van der Waals surface area (Å²) in [5.74, 6) is -0.420. The molecule has 0 aromatic heterocycles. The number of fused-ring (bicyclic) bond motifs is 3. The minimum atomic E-state index is -3.92. The molecular weight excluding hydrogens is 520 g/mol. The monoisotopic (exact) mass is 546 g/mol. The van der Waals surface area contributed by atoms with Crippen molar-refractivity contribution in [2.24, 2.45) is 0 Å². The minimum Gasteiger partial charge on any atom is -0.289 e. The number of nitrogens with one attached hydrogen (secondary N) is 2. The standard InChI is InChI=1S/C29H26N2O5S2/c1-19(21-9-5-3-6-10-21)30-37(33,34)23-13-15-25-26-16-14-24(18-28(26)29(32)27(25)17-23)38(35,36)31-20(2)22-11-7-4-8-12-22/h3-20,30-31H,1-2H3/t19-,20-/m0/s1. The lowest BCUT2D eigenvalue weighted by Gasteiger charge is -2.15. The van der Waals surface area contributed by atoms with E-state index < -0.39 is 37.9 Å². The van der Waals surface area contributed by atoms with Gasteiger partial charge < -0.3 is 0 Å². The van der Waals surface area contributed by atoms with Gasteiger partial charge >= 0.3 is 0 Å². The molecule has 0 saturated heterocycles. The van der Waals surface area contributed by atoms with Crippen LogP contribution in [0.4, 0.5) is 0 Å². The fraction of sp³-hybridized carbons (Fsp3) is 0.138. The van der Waals surface area contributed by atoms with Crippen molar-refractivity contribution in [3.05, 3.63) is 119 Å². The zero-order valence-electron chi connectivity index (χ0n) is 20.8. The SMILES string of the molecule is C[C@H](NS(=O)(=O)c1ccc2c(c1)C(=O)c1cc(S(=O)(=O)N[C@@H](C)c3ccccc3)ccc1-2)c1ccccc1. The molecule has 4 aromatic rings. The van der Waals surface area contributed by atoms with Crippen LogP contribution in [0.2, 0.25) is 0 Å². The molecule has 0 amide bonds. The second-order valence-corrected chi connectivity index (χ2v) is 12.7. The highest BCUT2D eigenvalue weighted by atomic mass is 32.2. The summed E-state index contributed by atoms with van der Waals surface area (Å²) in [4.78, 5) is 13.2. The zero-order valence-corrected chi connectivity index (χ0v) is 22.4. The van der Waals surface area contributed by atoms with Gasteiger partial charge in [-0.2, -0.15) is 0 Å². The van der Waals surface area contributed by atoms with Gasteiger partial charge in [-0.25, -0.2) is 26.3 Å². The Kier molecular flexibility index (Phi) is 6.79. The van der Waals surface area contributed by atoms with Gasteiger partial charge in [-0.1, -0.05) is 72.8 Å². The van der Waals surface area contributed by atoms with E-state index in [1.165, 1.54) is 24.3 Å². The van der Waals surface area contributed by atoms with Crippen LogP contribution in [0.25, 0.3) is 11.1 Å². The summed E-state index contributed by atoms with van der Waals surface area (Å²) in [6.45, 7) is 3.49. The molecule has 0 saturated carbocycles. The topological polar surface area (TPSA) is 109 Å². The molecule has 0 spiro atoms. The Morgan fingerprint density at radius 1 is 0.526 bits per heavy atom. The molecule has 0 fully saturated rings. The summed E-state index contributed by atoms with van der Waals surface area (Å²) < 4.78 is 57.7. The number of carbonyl (C=O) groups is 1. The molecule has 1 aliphatic carbocycles. The maximum absolute atomic E-state index is 13.3. The number of ketones is 1. The highest BCUT2D eigenvalue weighted by molar-refractivity contribution is 7.89. The molecule has 194 valence electrons. The van der Waals surface area contributed by atoms with Crippen LogP contribution < -0.4 is 9.44 Å². The molecular formula is C29H26N2O5S2. The van der Waals surface area contributed by atoms with Crippen molar-refractivity contribution in [2.45, 2.75) is 35.7 Å². The fourth-order valence-corrected chi connectivity index (χ4v) is 7.11. The molecule has 38 heavy (non-hydrogen) atoms. The third-order valence-corrected chi connectivity index (χ3v) is 9.72. The van der Waals surface area contributed by atoms with Crippen molar-refractivity contribution >= 4 is 25.8 Å². The van der Waals surface area contributed by atoms with Gasteiger partial charge in [-0.15, -0.1) is 0 Å². The second kappa shape index (κ2) is 9.92. The second-order valence-electron chi connectivity index (χ2n) is 9.25. The first-order valence-electron chi connectivity index (χ1n) is 12.0. The summed E-state index contributed by atoms with van der Waals surface area (Å²) in [5, 5.41) is 0. The van der Waals surface area contributed by atoms with E-state index in [0.29, 0.717) is 11.1 Å². The summed E-state index contributed by atoms with van der Waals surface area (Å²) in [7, 11) is -7.84. The summed E-state index contributed by atoms with van der Waals surface area (Å²) >= 11 is 0. The van der Waals surface area contributed by atoms with Gasteiger partial charge in [0.25, 0.3) is 0 Å². The first kappa shape index (κ1) is 26.0. The van der Waals surface area contributed by atoms with E-state index in [1.807, 2.05) is 60.7 Å². The first-order valence-corrected chi connectivity index (χ1v) is 15.0. The van der Waals surface area contributed by atoms with Gasteiger partial charge in [0, 0.05) is 23.2 Å². The lowest BCUT2D eigenvalue weighted by Crippen LogP contribution is -2.27. The van der Waals surface area contributed by atoms with Gasteiger partial charge in [0.2, 0.25) is 20.0 Å². The Morgan fingerprint density at radius 3 is 1.26 bits per heavy atom. The van der Waals surface area contributed by atoms with E-state index >= 15 is 0 Å². The van der Waals surface area contributed by atoms with Crippen molar-refractivity contribution in [2.75, 3.05) is 0 Å². The van der Waals surface area contributed by atoms with E-state index in [-0.39, 0.29) is 20.9 Å². The fourth-order valence-electron chi connectivity index (χ4n) is 4.59. The predicted molar refractivity (Wildman–Crippen MR) is 146 cm³/mol. The van der Waals surface area contributed by atoms with Crippen molar-refractivity contribution < 1.29 is 21.6 Å². The smallest absolute Gasteiger partial charge is 0.241 e.